The molecule has 0 aliphatic rings. The third kappa shape index (κ3) is 3.47. The zero-order chi connectivity index (χ0) is 20.3. The molecule has 3 nitrogen and oxygen atoms in total. The van der Waals surface area contributed by atoms with E-state index in [2.05, 4.69) is 57.3 Å². The lowest BCUT2D eigenvalue weighted by atomic mass is 9.65. The number of carboxylic acid groups (broad SMARTS) is 1. The lowest BCUT2D eigenvalue weighted by Gasteiger charge is -2.36. The van der Waals surface area contributed by atoms with Crippen LogP contribution in [0.5, 0.6) is 0 Å². The molecule has 4 heteroatoms. The molecule has 0 saturated heterocycles. The number of halogens is 1. The SMILES string of the molecule is O=C(O)c1ccc(C(c2ccccc2)(c2ccccc2)c2cccc(Br)c2)cn1. The summed E-state index contributed by atoms with van der Waals surface area (Å²) in [5, 5.41) is 9.30. The second-order valence-corrected chi connectivity index (χ2v) is 7.65. The first-order chi connectivity index (χ1) is 14.1. The van der Waals surface area contributed by atoms with Gasteiger partial charge in [0.05, 0.1) is 5.41 Å². The number of hydrogen-bond acceptors (Lipinski definition) is 2. The van der Waals surface area contributed by atoms with Crippen LogP contribution in [0.1, 0.15) is 32.7 Å². The second kappa shape index (κ2) is 8.02. The highest BCUT2D eigenvalue weighted by Crippen LogP contribution is 2.45. The van der Waals surface area contributed by atoms with Crippen molar-refractivity contribution in [3.05, 3.63) is 136 Å². The van der Waals surface area contributed by atoms with E-state index >= 15 is 0 Å². The molecule has 0 aliphatic heterocycles. The molecule has 0 unspecified atom stereocenters. The molecule has 0 aliphatic carbocycles. The Hall–Kier alpha value is -3.24. The number of benzene rings is 3. The third-order valence-corrected chi connectivity index (χ3v) is 5.58. The summed E-state index contributed by atoms with van der Waals surface area (Å²) in [5.41, 5.74) is 3.50. The van der Waals surface area contributed by atoms with Gasteiger partial charge in [-0.1, -0.05) is 94.8 Å². The highest BCUT2D eigenvalue weighted by atomic mass is 79.9. The van der Waals surface area contributed by atoms with Gasteiger partial charge in [0.25, 0.3) is 0 Å². The van der Waals surface area contributed by atoms with Gasteiger partial charge in [-0.05, 0) is 40.5 Å². The number of pyridine rings is 1. The Morgan fingerprint density at radius 3 is 1.79 bits per heavy atom. The normalized spacial score (nSPS) is 11.2. The van der Waals surface area contributed by atoms with Crippen LogP contribution >= 0.6 is 15.9 Å². The van der Waals surface area contributed by atoms with Crippen LogP contribution in [0.25, 0.3) is 0 Å². The van der Waals surface area contributed by atoms with Crippen LogP contribution in [-0.2, 0) is 5.41 Å². The zero-order valence-corrected chi connectivity index (χ0v) is 17.1. The molecule has 0 amide bonds. The quantitative estimate of drug-likeness (QED) is 0.389. The lowest BCUT2D eigenvalue weighted by molar-refractivity contribution is 0.0690. The van der Waals surface area contributed by atoms with Crippen molar-refractivity contribution in [3.8, 4) is 0 Å². The summed E-state index contributed by atoms with van der Waals surface area (Å²) < 4.78 is 0.973. The summed E-state index contributed by atoms with van der Waals surface area (Å²) in [6.07, 6.45) is 1.67. The van der Waals surface area contributed by atoms with Crippen molar-refractivity contribution in [1.82, 2.24) is 4.98 Å². The topological polar surface area (TPSA) is 50.2 Å². The van der Waals surface area contributed by atoms with Crippen molar-refractivity contribution in [2.45, 2.75) is 5.41 Å². The number of aromatic carboxylic acids is 1. The number of hydrogen-bond donors (Lipinski definition) is 1. The van der Waals surface area contributed by atoms with E-state index in [1.807, 2.05) is 54.6 Å². The van der Waals surface area contributed by atoms with Crippen molar-refractivity contribution in [2.24, 2.45) is 0 Å². The average Bonchev–Trinajstić information content (AvgIpc) is 2.76. The van der Waals surface area contributed by atoms with E-state index < -0.39 is 11.4 Å². The van der Waals surface area contributed by atoms with Crippen molar-refractivity contribution in [1.29, 1.82) is 0 Å². The summed E-state index contributed by atoms with van der Waals surface area (Å²) in [5.74, 6) is -1.04. The van der Waals surface area contributed by atoms with Gasteiger partial charge in [0.2, 0.25) is 0 Å². The molecule has 1 aromatic heterocycles. The summed E-state index contributed by atoms with van der Waals surface area (Å²) in [4.78, 5) is 15.6. The van der Waals surface area contributed by atoms with E-state index in [1.54, 1.807) is 12.3 Å². The predicted octanol–water partition coefficient (Wildman–Crippen LogP) is 5.93. The second-order valence-electron chi connectivity index (χ2n) is 6.73. The number of nitrogens with zero attached hydrogens (tertiary/aromatic N) is 1. The first kappa shape index (κ1) is 19.1. The molecule has 1 N–H and O–H groups in total. The van der Waals surface area contributed by atoms with E-state index in [9.17, 15) is 9.90 Å². The molecule has 0 bridgehead atoms. The highest BCUT2D eigenvalue weighted by Gasteiger charge is 2.38. The summed E-state index contributed by atoms with van der Waals surface area (Å²) >= 11 is 3.61. The maximum absolute atomic E-state index is 11.3. The number of carbonyl (C=O) groups is 1. The van der Waals surface area contributed by atoms with E-state index in [-0.39, 0.29) is 5.69 Å². The number of carboxylic acids is 1. The van der Waals surface area contributed by atoms with E-state index in [0.29, 0.717) is 0 Å². The Morgan fingerprint density at radius 2 is 1.31 bits per heavy atom. The van der Waals surface area contributed by atoms with Gasteiger partial charge < -0.3 is 5.11 Å². The fraction of sp³-hybridized carbons (Fsp3) is 0.0400. The monoisotopic (exact) mass is 443 g/mol. The predicted molar refractivity (Wildman–Crippen MR) is 117 cm³/mol. The molecule has 0 radical (unpaired) electrons. The maximum atomic E-state index is 11.3. The Morgan fingerprint density at radius 1 is 0.724 bits per heavy atom. The molecular formula is C25H18BrNO2. The highest BCUT2D eigenvalue weighted by molar-refractivity contribution is 9.10. The number of rotatable bonds is 5. The van der Waals surface area contributed by atoms with Crippen molar-refractivity contribution < 1.29 is 9.90 Å². The van der Waals surface area contributed by atoms with E-state index in [1.165, 1.54) is 0 Å². The van der Waals surface area contributed by atoms with Gasteiger partial charge in [-0.3, -0.25) is 0 Å². The first-order valence-electron chi connectivity index (χ1n) is 9.19. The maximum Gasteiger partial charge on any atom is 0.354 e. The van der Waals surface area contributed by atoms with Gasteiger partial charge in [-0.2, -0.15) is 0 Å². The van der Waals surface area contributed by atoms with Gasteiger partial charge in [-0.15, -0.1) is 0 Å². The molecule has 4 rings (SSSR count). The lowest BCUT2D eigenvalue weighted by Crippen LogP contribution is -2.31. The van der Waals surface area contributed by atoms with Gasteiger partial charge in [0, 0.05) is 10.7 Å². The molecule has 0 atom stereocenters. The fourth-order valence-electron chi connectivity index (χ4n) is 3.84. The van der Waals surface area contributed by atoms with Crippen LogP contribution in [0, 0.1) is 0 Å². The Kier molecular flexibility index (Phi) is 5.28. The van der Waals surface area contributed by atoms with Crippen LogP contribution in [0.4, 0.5) is 0 Å². The van der Waals surface area contributed by atoms with Gasteiger partial charge in [-0.25, -0.2) is 9.78 Å². The molecular weight excluding hydrogens is 426 g/mol. The molecule has 0 saturated carbocycles. The minimum Gasteiger partial charge on any atom is -0.477 e. The van der Waals surface area contributed by atoms with Crippen molar-refractivity contribution in [3.63, 3.8) is 0 Å². The molecule has 3 aromatic carbocycles. The summed E-state index contributed by atoms with van der Waals surface area (Å²) in [7, 11) is 0. The Bertz CT molecular complexity index is 1090. The molecule has 142 valence electrons. The van der Waals surface area contributed by atoms with Gasteiger partial charge >= 0.3 is 5.97 Å². The van der Waals surface area contributed by atoms with E-state index in [0.717, 1.165) is 26.7 Å². The smallest absolute Gasteiger partial charge is 0.354 e. The fourth-order valence-corrected chi connectivity index (χ4v) is 4.24. The summed E-state index contributed by atoms with van der Waals surface area (Å²) in [6, 6.07) is 32.1. The molecule has 0 spiro atoms. The van der Waals surface area contributed by atoms with Crippen molar-refractivity contribution >= 4 is 21.9 Å². The van der Waals surface area contributed by atoms with Crippen LogP contribution in [0.15, 0.2) is 108 Å². The minimum atomic E-state index is -1.04. The minimum absolute atomic E-state index is 0.0259. The van der Waals surface area contributed by atoms with Gasteiger partial charge in [0.1, 0.15) is 5.69 Å². The average molecular weight is 444 g/mol. The van der Waals surface area contributed by atoms with Crippen LogP contribution in [0.2, 0.25) is 0 Å². The molecule has 29 heavy (non-hydrogen) atoms. The van der Waals surface area contributed by atoms with Crippen LogP contribution < -0.4 is 0 Å². The first-order valence-corrected chi connectivity index (χ1v) is 9.98. The third-order valence-electron chi connectivity index (χ3n) is 5.09. The number of aromatic nitrogens is 1. The molecule has 0 fully saturated rings. The standard InChI is InChI=1S/C25H18BrNO2/c26-22-13-7-12-20(16-22)25(18-8-3-1-4-9-18,19-10-5-2-6-11-19)21-14-15-23(24(28)29)27-17-21/h1-17H,(H,28,29). The van der Waals surface area contributed by atoms with Crippen molar-refractivity contribution in [2.75, 3.05) is 0 Å². The zero-order valence-electron chi connectivity index (χ0n) is 15.5. The van der Waals surface area contributed by atoms with Crippen LogP contribution in [0.3, 0.4) is 0 Å². The Labute approximate surface area is 177 Å². The largest absolute Gasteiger partial charge is 0.477 e. The summed E-state index contributed by atoms with van der Waals surface area (Å²) in [6.45, 7) is 0. The van der Waals surface area contributed by atoms with Crippen LogP contribution in [-0.4, -0.2) is 16.1 Å². The van der Waals surface area contributed by atoms with Gasteiger partial charge in [0.15, 0.2) is 0 Å². The molecule has 4 aromatic rings. The van der Waals surface area contributed by atoms with E-state index in [4.69, 9.17) is 0 Å². The molecule has 1 heterocycles. The Balaban J connectivity index is 2.10.